The molecule has 28 heavy (non-hydrogen) atoms. The van der Waals surface area contributed by atoms with Crippen LogP contribution in [0.2, 0.25) is 5.02 Å². The van der Waals surface area contributed by atoms with E-state index in [-0.39, 0.29) is 11.8 Å². The van der Waals surface area contributed by atoms with Crippen LogP contribution in [0.15, 0.2) is 72.8 Å². The van der Waals surface area contributed by atoms with Crippen LogP contribution in [0, 0.1) is 6.92 Å². The van der Waals surface area contributed by atoms with Gasteiger partial charge in [-0.1, -0.05) is 54.1 Å². The maximum atomic E-state index is 13.2. The number of aryl methyl sites for hydroxylation is 1. The lowest BCUT2D eigenvalue weighted by Crippen LogP contribution is -2.45. The Morgan fingerprint density at radius 3 is 2.46 bits per heavy atom. The van der Waals surface area contributed by atoms with Crippen LogP contribution in [0.25, 0.3) is 0 Å². The van der Waals surface area contributed by atoms with Crippen molar-refractivity contribution in [3.05, 3.63) is 94.5 Å². The van der Waals surface area contributed by atoms with Gasteiger partial charge in [0.15, 0.2) is 0 Å². The molecule has 0 radical (unpaired) electrons. The molecule has 0 bridgehead atoms. The van der Waals surface area contributed by atoms with Crippen LogP contribution in [0.5, 0.6) is 0 Å². The molecule has 1 heterocycles. The molecule has 0 saturated carbocycles. The highest BCUT2D eigenvalue weighted by Crippen LogP contribution is 2.34. The van der Waals surface area contributed by atoms with Gasteiger partial charge in [0.25, 0.3) is 5.91 Å². The highest BCUT2D eigenvalue weighted by atomic mass is 35.5. The molecule has 0 fully saturated rings. The molecule has 3 aromatic carbocycles. The summed E-state index contributed by atoms with van der Waals surface area (Å²) in [4.78, 5) is 27.9. The molecule has 3 aromatic rings. The summed E-state index contributed by atoms with van der Waals surface area (Å²) in [5.41, 5.74) is 3.84. The maximum Gasteiger partial charge on any atom is 0.259 e. The molecular formula is C23H19ClN2O2. The minimum Gasteiger partial charge on any atom is -0.323 e. The quantitative estimate of drug-likeness (QED) is 0.694. The van der Waals surface area contributed by atoms with Gasteiger partial charge in [0.05, 0.1) is 10.7 Å². The number of anilines is 2. The Morgan fingerprint density at radius 1 is 1.00 bits per heavy atom. The van der Waals surface area contributed by atoms with Crippen LogP contribution in [0.1, 0.15) is 21.5 Å². The van der Waals surface area contributed by atoms with Gasteiger partial charge in [0, 0.05) is 17.7 Å². The summed E-state index contributed by atoms with van der Waals surface area (Å²) in [6.07, 6.45) is 0.462. The molecule has 0 aliphatic carbocycles. The fourth-order valence-electron chi connectivity index (χ4n) is 3.50. The van der Waals surface area contributed by atoms with Crippen molar-refractivity contribution in [2.24, 2.45) is 0 Å². The molecule has 1 N–H and O–H groups in total. The van der Waals surface area contributed by atoms with Gasteiger partial charge in [0.2, 0.25) is 5.91 Å². The Labute approximate surface area is 168 Å². The summed E-state index contributed by atoms with van der Waals surface area (Å²) in [7, 11) is 0. The number of fused-ring (bicyclic) bond motifs is 1. The Hall–Kier alpha value is -3.11. The average molecular weight is 391 g/mol. The number of hydrogen-bond donors (Lipinski definition) is 1. The Balaban J connectivity index is 1.67. The lowest BCUT2D eigenvalue weighted by atomic mass is 10.1. The van der Waals surface area contributed by atoms with E-state index >= 15 is 0 Å². The number of rotatable bonds is 3. The van der Waals surface area contributed by atoms with E-state index in [0.717, 1.165) is 16.8 Å². The first-order valence-corrected chi connectivity index (χ1v) is 9.46. The van der Waals surface area contributed by atoms with Crippen LogP contribution in [-0.2, 0) is 11.2 Å². The smallest absolute Gasteiger partial charge is 0.259 e. The molecule has 1 aliphatic heterocycles. The van der Waals surface area contributed by atoms with Crippen molar-refractivity contribution in [2.45, 2.75) is 19.4 Å². The molecular weight excluding hydrogens is 372 g/mol. The average Bonchev–Trinajstić information content (AvgIpc) is 3.10. The first-order chi connectivity index (χ1) is 13.5. The predicted octanol–water partition coefficient (Wildman–Crippen LogP) is 4.86. The Kier molecular flexibility index (Phi) is 4.88. The summed E-state index contributed by atoms with van der Waals surface area (Å²) in [6.45, 7) is 1.94. The minimum atomic E-state index is -0.637. The van der Waals surface area contributed by atoms with Crippen molar-refractivity contribution >= 4 is 34.8 Å². The third kappa shape index (κ3) is 3.39. The largest absolute Gasteiger partial charge is 0.323 e. The van der Waals surface area contributed by atoms with Gasteiger partial charge in [-0.15, -0.1) is 0 Å². The van der Waals surface area contributed by atoms with E-state index in [1.807, 2.05) is 55.5 Å². The number of hydrogen-bond acceptors (Lipinski definition) is 2. The van der Waals surface area contributed by atoms with Crippen molar-refractivity contribution in [3.8, 4) is 0 Å². The third-order valence-corrected chi connectivity index (χ3v) is 5.21. The van der Waals surface area contributed by atoms with Gasteiger partial charge >= 0.3 is 0 Å². The second-order valence-electron chi connectivity index (χ2n) is 6.86. The molecule has 4 rings (SSSR count). The van der Waals surface area contributed by atoms with Crippen molar-refractivity contribution in [1.29, 1.82) is 0 Å². The molecule has 5 heteroatoms. The molecule has 0 aromatic heterocycles. The summed E-state index contributed by atoms with van der Waals surface area (Å²) >= 11 is 6.27. The number of halogens is 1. The normalized spacial score (nSPS) is 15.2. The Morgan fingerprint density at radius 2 is 1.71 bits per heavy atom. The highest BCUT2D eigenvalue weighted by Gasteiger charge is 2.38. The molecule has 1 aliphatic rings. The van der Waals surface area contributed by atoms with E-state index in [4.69, 9.17) is 11.6 Å². The van der Waals surface area contributed by atoms with Crippen molar-refractivity contribution in [1.82, 2.24) is 0 Å². The van der Waals surface area contributed by atoms with E-state index < -0.39 is 6.04 Å². The number of carbonyl (C=O) groups excluding carboxylic acids is 2. The summed E-state index contributed by atoms with van der Waals surface area (Å²) < 4.78 is 0. The highest BCUT2D eigenvalue weighted by molar-refractivity contribution is 6.34. The van der Waals surface area contributed by atoms with Gasteiger partial charge in [-0.25, -0.2) is 0 Å². The predicted molar refractivity (Wildman–Crippen MR) is 112 cm³/mol. The van der Waals surface area contributed by atoms with E-state index in [9.17, 15) is 9.59 Å². The zero-order valence-electron chi connectivity index (χ0n) is 15.4. The molecule has 2 amide bonds. The first-order valence-electron chi connectivity index (χ1n) is 9.08. The number of nitrogens with one attached hydrogen (secondary N) is 1. The number of amides is 2. The summed E-state index contributed by atoms with van der Waals surface area (Å²) in [5, 5.41) is 3.36. The zero-order chi connectivity index (χ0) is 19.7. The number of nitrogens with zero attached hydrogens (tertiary/aromatic N) is 1. The lowest BCUT2D eigenvalue weighted by Gasteiger charge is -2.25. The topological polar surface area (TPSA) is 49.4 Å². The van der Waals surface area contributed by atoms with Crippen LogP contribution in [0.4, 0.5) is 11.4 Å². The van der Waals surface area contributed by atoms with Crippen LogP contribution in [0.3, 0.4) is 0 Å². The second kappa shape index (κ2) is 7.49. The van der Waals surface area contributed by atoms with Gasteiger partial charge in [0.1, 0.15) is 6.04 Å². The minimum absolute atomic E-state index is 0.194. The molecule has 140 valence electrons. The molecule has 1 atom stereocenters. The fraction of sp³-hybridized carbons (Fsp3) is 0.130. The SMILES string of the molecule is Cc1ccc(NC(=O)[C@H]2Cc3ccccc3N2C(=O)c2ccccc2)c(Cl)c1. The lowest BCUT2D eigenvalue weighted by molar-refractivity contribution is -0.117. The summed E-state index contributed by atoms with van der Waals surface area (Å²) in [6, 6.07) is 21.5. The van der Waals surface area contributed by atoms with Crippen molar-refractivity contribution < 1.29 is 9.59 Å². The number of benzene rings is 3. The fourth-order valence-corrected chi connectivity index (χ4v) is 3.79. The van der Waals surface area contributed by atoms with Crippen LogP contribution < -0.4 is 10.2 Å². The Bertz CT molecular complexity index is 1050. The van der Waals surface area contributed by atoms with Gasteiger partial charge in [-0.05, 0) is 48.4 Å². The van der Waals surface area contributed by atoms with E-state index in [1.54, 1.807) is 29.2 Å². The van der Waals surface area contributed by atoms with Gasteiger partial charge in [-0.2, -0.15) is 0 Å². The van der Waals surface area contributed by atoms with Crippen LogP contribution >= 0.6 is 11.6 Å². The monoisotopic (exact) mass is 390 g/mol. The second-order valence-corrected chi connectivity index (χ2v) is 7.27. The van der Waals surface area contributed by atoms with E-state index in [1.165, 1.54) is 0 Å². The maximum absolute atomic E-state index is 13.2. The first kappa shape index (κ1) is 18.3. The molecule has 4 nitrogen and oxygen atoms in total. The van der Waals surface area contributed by atoms with Gasteiger partial charge in [-0.3, -0.25) is 14.5 Å². The third-order valence-electron chi connectivity index (χ3n) is 4.90. The van der Waals surface area contributed by atoms with Crippen molar-refractivity contribution in [2.75, 3.05) is 10.2 Å². The van der Waals surface area contributed by atoms with Gasteiger partial charge < -0.3 is 5.32 Å². The number of carbonyl (C=O) groups is 2. The molecule has 0 spiro atoms. The zero-order valence-corrected chi connectivity index (χ0v) is 16.1. The number of para-hydroxylation sites is 1. The van der Waals surface area contributed by atoms with E-state index in [2.05, 4.69) is 5.32 Å². The van der Waals surface area contributed by atoms with E-state index in [0.29, 0.717) is 22.7 Å². The standard InChI is InChI=1S/C23H19ClN2O2/c1-15-11-12-19(18(24)13-15)25-22(27)21-14-17-9-5-6-10-20(17)26(21)23(28)16-7-3-2-4-8-16/h2-13,21H,14H2,1H3,(H,25,27)/t21-/m1/s1. The molecule has 0 saturated heterocycles. The summed E-state index contributed by atoms with van der Waals surface area (Å²) in [5.74, 6) is -0.452. The molecule has 0 unspecified atom stereocenters. The van der Waals surface area contributed by atoms with Crippen molar-refractivity contribution in [3.63, 3.8) is 0 Å². The van der Waals surface area contributed by atoms with Crippen LogP contribution in [-0.4, -0.2) is 17.9 Å².